The third-order valence-electron chi connectivity index (χ3n) is 2.78. The fourth-order valence-electron chi connectivity index (χ4n) is 2.02. The Morgan fingerprint density at radius 2 is 2.44 bits per heavy atom. The Labute approximate surface area is 95.4 Å². The molecule has 1 atom stereocenters. The molecule has 0 N–H and O–H groups in total. The summed E-state index contributed by atoms with van der Waals surface area (Å²) in [6.45, 7) is 3.22. The first-order valence-electron chi connectivity index (χ1n) is 5.63. The maximum absolute atomic E-state index is 10.2. The topological polar surface area (TPSA) is 35.5 Å². The van der Waals surface area contributed by atoms with Crippen molar-refractivity contribution in [2.45, 2.75) is 32.3 Å². The Morgan fingerprint density at radius 3 is 3.25 bits per heavy atom. The molecule has 1 aliphatic rings. The molecule has 0 amide bonds. The molecule has 1 unspecified atom stereocenters. The van der Waals surface area contributed by atoms with Gasteiger partial charge in [0.2, 0.25) is 0 Å². The summed E-state index contributed by atoms with van der Waals surface area (Å²) >= 11 is 0. The van der Waals surface area contributed by atoms with E-state index in [0.717, 1.165) is 31.6 Å². The lowest BCUT2D eigenvalue weighted by molar-refractivity contribution is -0.132. The molecule has 0 bridgehead atoms. The van der Waals surface area contributed by atoms with Crippen LogP contribution in [0.15, 0.2) is 18.2 Å². The Balaban J connectivity index is 2.08. The number of hydrogen-bond acceptors (Lipinski definition) is 3. The number of hydrogen-bond donors (Lipinski definition) is 0. The average molecular weight is 220 g/mol. The standard InChI is InChI=1S/C13H16O3/c1-10(16-9-14)7-11-4-5-13-12(8-11)3-2-6-15-13/h4-5,8-10H,2-3,6-7H2,1H3. The molecule has 3 heteroatoms. The Hall–Kier alpha value is -1.51. The van der Waals surface area contributed by atoms with E-state index < -0.39 is 0 Å². The molecule has 1 aliphatic heterocycles. The number of aryl methyl sites for hydroxylation is 1. The molecule has 16 heavy (non-hydrogen) atoms. The van der Waals surface area contributed by atoms with Gasteiger partial charge in [0.25, 0.3) is 6.47 Å². The largest absolute Gasteiger partial charge is 0.493 e. The minimum absolute atomic E-state index is 0.0694. The first-order valence-corrected chi connectivity index (χ1v) is 5.63. The molecule has 3 nitrogen and oxygen atoms in total. The molecule has 0 aromatic heterocycles. The SMILES string of the molecule is CC(Cc1ccc2c(c1)CCCO2)OC=O. The number of ether oxygens (including phenoxy) is 2. The van der Waals surface area contributed by atoms with E-state index in [1.165, 1.54) is 11.1 Å². The van der Waals surface area contributed by atoms with Crippen LogP contribution in [0.1, 0.15) is 24.5 Å². The number of rotatable bonds is 4. The van der Waals surface area contributed by atoms with Crippen molar-refractivity contribution in [2.75, 3.05) is 6.61 Å². The summed E-state index contributed by atoms with van der Waals surface area (Å²) in [6, 6.07) is 6.20. The van der Waals surface area contributed by atoms with Crippen LogP contribution in [0.3, 0.4) is 0 Å². The van der Waals surface area contributed by atoms with Gasteiger partial charge in [0, 0.05) is 6.42 Å². The zero-order valence-corrected chi connectivity index (χ0v) is 9.44. The maximum Gasteiger partial charge on any atom is 0.293 e. The summed E-state index contributed by atoms with van der Waals surface area (Å²) in [5.74, 6) is 0.999. The van der Waals surface area contributed by atoms with Crippen LogP contribution in [0.5, 0.6) is 5.75 Å². The fourth-order valence-corrected chi connectivity index (χ4v) is 2.02. The molecule has 0 fully saturated rings. The van der Waals surface area contributed by atoms with Gasteiger partial charge >= 0.3 is 0 Å². The molecular formula is C13H16O3. The van der Waals surface area contributed by atoms with Crippen molar-refractivity contribution in [3.63, 3.8) is 0 Å². The average Bonchev–Trinajstić information content (AvgIpc) is 2.29. The predicted molar refractivity (Wildman–Crippen MR) is 60.6 cm³/mol. The molecule has 1 aromatic carbocycles. The van der Waals surface area contributed by atoms with Crippen molar-refractivity contribution in [1.29, 1.82) is 0 Å². The minimum atomic E-state index is -0.0694. The second-order valence-electron chi connectivity index (χ2n) is 4.14. The number of carbonyl (C=O) groups is 1. The van der Waals surface area contributed by atoms with E-state index in [2.05, 4.69) is 6.07 Å². The van der Waals surface area contributed by atoms with Crippen molar-refractivity contribution in [3.05, 3.63) is 29.3 Å². The van der Waals surface area contributed by atoms with Crippen molar-refractivity contribution >= 4 is 6.47 Å². The molecule has 0 saturated heterocycles. The van der Waals surface area contributed by atoms with Crippen molar-refractivity contribution in [1.82, 2.24) is 0 Å². The molecular weight excluding hydrogens is 204 g/mol. The van der Waals surface area contributed by atoms with Crippen LogP contribution in [0.25, 0.3) is 0 Å². The normalized spacial score (nSPS) is 15.8. The molecule has 0 spiro atoms. The number of fused-ring (bicyclic) bond motifs is 1. The molecule has 0 radical (unpaired) electrons. The van der Waals surface area contributed by atoms with Gasteiger partial charge in [-0.05, 0) is 37.0 Å². The third kappa shape index (κ3) is 2.54. The van der Waals surface area contributed by atoms with Crippen LogP contribution in [0, 0.1) is 0 Å². The number of benzene rings is 1. The van der Waals surface area contributed by atoms with Gasteiger partial charge in [-0.15, -0.1) is 0 Å². The monoisotopic (exact) mass is 220 g/mol. The zero-order chi connectivity index (χ0) is 11.4. The quantitative estimate of drug-likeness (QED) is 0.729. The van der Waals surface area contributed by atoms with Crippen LogP contribution in [0.4, 0.5) is 0 Å². The van der Waals surface area contributed by atoms with Gasteiger partial charge in [-0.3, -0.25) is 4.79 Å². The highest BCUT2D eigenvalue weighted by Gasteiger charge is 2.11. The maximum atomic E-state index is 10.2. The number of carbonyl (C=O) groups excluding carboxylic acids is 1. The zero-order valence-electron chi connectivity index (χ0n) is 9.44. The van der Waals surface area contributed by atoms with E-state index in [-0.39, 0.29) is 6.10 Å². The fraction of sp³-hybridized carbons (Fsp3) is 0.462. The van der Waals surface area contributed by atoms with Crippen LogP contribution >= 0.6 is 0 Å². The van der Waals surface area contributed by atoms with Crippen molar-refractivity contribution in [2.24, 2.45) is 0 Å². The smallest absolute Gasteiger partial charge is 0.293 e. The summed E-state index contributed by atoms with van der Waals surface area (Å²) in [4.78, 5) is 10.2. The summed E-state index contributed by atoms with van der Waals surface area (Å²) in [7, 11) is 0. The van der Waals surface area contributed by atoms with Crippen LogP contribution in [-0.4, -0.2) is 19.2 Å². The molecule has 0 aliphatic carbocycles. The second-order valence-corrected chi connectivity index (χ2v) is 4.14. The van der Waals surface area contributed by atoms with Gasteiger partial charge < -0.3 is 9.47 Å². The first kappa shape index (κ1) is 11.0. The Bertz CT molecular complexity index is 373. The molecule has 1 aromatic rings. The molecule has 1 heterocycles. The van der Waals surface area contributed by atoms with Gasteiger partial charge in [0.1, 0.15) is 11.9 Å². The molecule has 2 rings (SSSR count). The van der Waals surface area contributed by atoms with Gasteiger partial charge in [0.15, 0.2) is 0 Å². The molecule has 86 valence electrons. The predicted octanol–water partition coefficient (Wildman–Crippen LogP) is 2.12. The van der Waals surface area contributed by atoms with E-state index in [1.807, 2.05) is 19.1 Å². The van der Waals surface area contributed by atoms with Crippen LogP contribution in [-0.2, 0) is 22.4 Å². The summed E-state index contributed by atoms with van der Waals surface area (Å²) in [6.07, 6.45) is 2.84. The van der Waals surface area contributed by atoms with Gasteiger partial charge in [0.05, 0.1) is 6.61 Å². The Kier molecular flexibility index (Phi) is 3.44. The third-order valence-corrected chi connectivity index (χ3v) is 2.78. The van der Waals surface area contributed by atoms with E-state index >= 15 is 0 Å². The first-order chi connectivity index (χ1) is 7.79. The highest BCUT2D eigenvalue weighted by Crippen LogP contribution is 2.26. The highest BCUT2D eigenvalue weighted by atomic mass is 16.5. The Morgan fingerprint density at radius 1 is 1.56 bits per heavy atom. The molecule has 0 saturated carbocycles. The van der Waals surface area contributed by atoms with Gasteiger partial charge in [-0.25, -0.2) is 0 Å². The van der Waals surface area contributed by atoms with E-state index in [1.54, 1.807) is 0 Å². The van der Waals surface area contributed by atoms with E-state index in [4.69, 9.17) is 9.47 Å². The minimum Gasteiger partial charge on any atom is -0.493 e. The summed E-state index contributed by atoms with van der Waals surface area (Å²) < 4.78 is 10.4. The van der Waals surface area contributed by atoms with Crippen LogP contribution < -0.4 is 4.74 Å². The van der Waals surface area contributed by atoms with Gasteiger partial charge in [-0.2, -0.15) is 0 Å². The van der Waals surface area contributed by atoms with Crippen LogP contribution in [0.2, 0.25) is 0 Å². The second kappa shape index (κ2) is 5.01. The lowest BCUT2D eigenvalue weighted by atomic mass is 10.0. The summed E-state index contributed by atoms with van der Waals surface area (Å²) in [5.41, 5.74) is 2.46. The lowest BCUT2D eigenvalue weighted by Crippen LogP contribution is -2.12. The van der Waals surface area contributed by atoms with E-state index in [0.29, 0.717) is 6.47 Å². The highest BCUT2D eigenvalue weighted by molar-refractivity contribution is 5.40. The van der Waals surface area contributed by atoms with Crippen molar-refractivity contribution in [3.8, 4) is 5.75 Å². The van der Waals surface area contributed by atoms with Gasteiger partial charge in [-0.1, -0.05) is 12.1 Å². The van der Waals surface area contributed by atoms with E-state index in [9.17, 15) is 4.79 Å². The van der Waals surface area contributed by atoms with Crippen molar-refractivity contribution < 1.29 is 14.3 Å². The lowest BCUT2D eigenvalue weighted by Gasteiger charge is -2.18. The summed E-state index contributed by atoms with van der Waals surface area (Å²) in [5, 5.41) is 0.